The van der Waals surface area contributed by atoms with E-state index < -0.39 is 0 Å². The van der Waals surface area contributed by atoms with E-state index in [0.717, 1.165) is 16.7 Å². The Morgan fingerprint density at radius 3 is 2.30 bits per heavy atom. The van der Waals surface area contributed by atoms with Gasteiger partial charge in [0.2, 0.25) is 5.43 Å². The van der Waals surface area contributed by atoms with Gasteiger partial charge in [-0.1, -0.05) is 36.4 Å². The summed E-state index contributed by atoms with van der Waals surface area (Å²) in [7, 11) is 0. The molecule has 20 heavy (non-hydrogen) atoms. The van der Waals surface area contributed by atoms with E-state index in [1.54, 1.807) is 0 Å². The van der Waals surface area contributed by atoms with E-state index in [1.807, 2.05) is 63.2 Å². The molecule has 0 radical (unpaired) electrons. The van der Waals surface area contributed by atoms with Crippen molar-refractivity contribution in [3.8, 4) is 11.1 Å². The Kier molecular flexibility index (Phi) is 2.94. The Bertz CT molecular complexity index is 843. The van der Waals surface area contributed by atoms with Crippen LogP contribution >= 0.6 is 0 Å². The third-order valence-corrected chi connectivity index (χ3v) is 3.83. The average molecular weight is 264 g/mol. The molecule has 0 fully saturated rings. The Hall–Kier alpha value is -2.35. The average Bonchev–Trinajstić information content (AvgIpc) is 2.44. The van der Waals surface area contributed by atoms with E-state index in [2.05, 4.69) is 0 Å². The fourth-order valence-electron chi connectivity index (χ4n) is 2.60. The van der Waals surface area contributed by atoms with E-state index in [0.29, 0.717) is 22.3 Å². The first-order valence-corrected chi connectivity index (χ1v) is 6.68. The van der Waals surface area contributed by atoms with Crippen LogP contribution in [-0.4, -0.2) is 0 Å². The van der Waals surface area contributed by atoms with Crippen LogP contribution < -0.4 is 5.43 Å². The zero-order chi connectivity index (χ0) is 14.3. The van der Waals surface area contributed by atoms with Gasteiger partial charge in [-0.15, -0.1) is 0 Å². The third-order valence-electron chi connectivity index (χ3n) is 3.83. The van der Waals surface area contributed by atoms with Gasteiger partial charge in [0.05, 0.1) is 10.9 Å². The van der Waals surface area contributed by atoms with E-state index >= 15 is 0 Å². The molecule has 0 spiro atoms. The number of benzene rings is 2. The highest BCUT2D eigenvalue weighted by Crippen LogP contribution is 2.26. The van der Waals surface area contributed by atoms with Crippen LogP contribution in [0, 0.1) is 20.8 Å². The summed E-state index contributed by atoms with van der Waals surface area (Å²) in [5.74, 6) is 0.664. The van der Waals surface area contributed by atoms with Crippen LogP contribution in [0.3, 0.4) is 0 Å². The number of aryl methyl sites for hydroxylation is 3. The van der Waals surface area contributed by atoms with Gasteiger partial charge in [0.25, 0.3) is 0 Å². The smallest absolute Gasteiger partial charge is 0.201 e. The highest BCUT2D eigenvalue weighted by molar-refractivity contribution is 5.86. The predicted octanol–water partition coefficient (Wildman–Crippen LogP) is 4.39. The first-order valence-electron chi connectivity index (χ1n) is 6.68. The second kappa shape index (κ2) is 4.64. The molecule has 3 rings (SSSR count). The van der Waals surface area contributed by atoms with E-state index in [4.69, 9.17) is 4.42 Å². The minimum absolute atomic E-state index is 0.0520. The molecule has 0 aliphatic carbocycles. The maximum atomic E-state index is 12.9. The van der Waals surface area contributed by atoms with Crippen molar-refractivity contribution < 1.29 is 4.42 Å². The molecule has 100 valence electrons. The van der Waals surface area contributed by atoms with Gasteiger partial charge in [-0.25, -0.2) is 0 Å². The second-order valence-electron chi connectivity index (χ2n) is 5.11. The SMILES string of the molecule is Cc1ccc2oc(C)c(-c3ccccc3)c(=O)c2c1C. The normalized spacial score (nSPS) is 10.9. The number of hydrogen-bond acceptors (Lipinski definition) is 2. The lowest BCUT2D eigenvalue weighted by Crippen LogP contribution is -2.09. The summed E-state index contributed by atoms with van der Waals surface area (Å²) in [6.07, 6.45) is 0. The molecule has 0 aliphatic heterocycles. The highest BCUT2D eigenvalue weighted by atomic mass is 16.3. The van der Waals surface area contributed by atoms with Crippen LogP contribution in [0.1, 0.15) is 16.9 Å². The molecular formula is C18H16O2. The molecule has 0 N–H and O–H groups in total. The summed E-state index contributed by atoms with van der Waals surface area (Å²) in [5.41, 5.74) is 4.38. The van der Waals surface area contributed by atoms with Gasteiger partial charge in [0, 0.05) is 0 Å². The van der Waals surface area contributed by atoms with Crippen molar-refractivity contribution in [3.63, 3.8) is 0 Å². The molecule has 0 unspecified atom stereocenters. The second-order valence-corrected chi connectivity index (χ2v) is 5.11. The number of fused-ring (bicyclic) bond motifs is 1. The van der Waals surface area contributed by atoms with Crippen molar-refractivity contribution in [1.29, 1.82) is 0 Å². The summed E-state index contributed by atoms with van der Waals surface area (Å²) >= 11 is 0. The monoisotopic (exact) mass is 264 g/mol. The van der Waals surface area contributed by atoms with Gasteiger partial charge in [-0.3, -0.25) is 4.79 Å². The fraction of sp³-hybridized carbons (Fsp3) is 0.167. The first kappa shape index (κ1) is 12.7. The Morgan fingerprint density at radius 2 is 1.60 bits per heavy atom. The van der Waals surface area contributed by atoms with Crippen LogP contribution in [-0.2, 0) is 0 Å². The molecule has 0 amide bonds. The molecule has 0 aliphatic rings. The molecular weight excluding hydrogens is 248 g/mol. The standard InChI is InChI=1S/C18H16O2/c1-11-9-10-15-16(12(11)2)18(19)17(13(3)20-15)14-7-5-4-6-8-14/h4-10H,1-3H3. The molecule has 0 saturated carbocycles. The largest absolute Gasteiger partial charge is 0.460 e. The lowest BCUT2D eigenvalue weighted by molar-refractivity contribution is 0.567. The van der Waals surface area contributed by atoms with Crippen LogP contribution in [0.15, 0.2) is 51.7 Å². The molecule has 2 nitrogen and oxygen atoms in total. The van der Waals surface area contributed by atoms with Crippen molar-refractivity contribution in [2.24, 2.45) is 0 Å². The maximum absolute atomic E-state index is 12.9. The van der Waals surface area contributed by atoms with Crippen molar-refractivity contribution in [2.45, 2.75) is 20.8 Å². The maximum Gasteiger partial charge on any atom is 0.201 e. The van der Waals surface area contributed by atoms with Crippen molar-refractivity contribution in [3.05, 3.63) is 69.6 Å². The van der Waals surface area contributed by atoms with Crippen LogP contribution in [0.5, 0.6) is 0 Å². The molecule has 1 heterocycles. The zero-order valence-corrected chi connectivity index (χ0v) is 11.9. The van der Waals surface area contributed by atoms with Gasteiger partial charge in [0.1, 0.15) is 11.3 Å². The molecule has 2 heteroatoms. The van der Waals surface area contributed by atoms with Crippen LogP contribution in [0.4, 0.5) is 0 Å². The van der Waals surface area contributed by atoms with Gasteiger partial charge in [-0.2, -0.15) is 0 Å². The number of hydrogen-bond donors (Lipinski definition) is 0. The van der Waals surface area contributed by atoms with Crippen molar-refractivity contribution in [2.75, 3.05) is 0 Å². The molecule has 0 saturated heterocycles. The van der Waals surface area contributed by atoms with Crippen molar-refractivity contribution >= 4 is 11.0 Å². The van der Waals surface area contributed by atoms with Gasteiger partial charge in [-0.05, 0) is 43.5 Å². The predicted molar refractivity (Wildman–Crippen MR) is 82.1 cm³/mol. The van der Waals surface area contributed by atoms with Crippen molar-refractivity contribution in [1.82, 2.24) is 0 Å². The lowest BCUT2D eigenvalue weighted by Gasteiger charge is -2.10. The quantitative estimate of drug-likeness (QED) is 0.652. The van der Waals surface area contributed by atoms with E-state index in [-0.39, 0.29) is 5.43 Å². The van der Waals surface area contributed by atoms with Gasteiger partial charge in [0.15, 0.2) is 0 Å². The Labute approximate surface area is 117 Å². The van der Waals surface area contributed by atoms with Crippen LogP contribution in [0.25, 0.3) is 22.1 Å². The zero-order valence-electron chi connectivity index (χ0n) is 11.9. The molecule has 1 aromatic heterocycles. The third kappa shape index (κ3) is 1.85. The summed E-state index contributed by atoms with van der Waals surface area (Å²) in [6, 6.07) is 13.6. The fourth-order valence-corrected chi connectivity index (χ4v) is 2.60. The minimum atomic E-state index is 0.0520. The summed E-state index contributed by atoms with van der Waals surface area (Å²) in [4.78, 5) is 12.9. The highest BCUT2D eigenvalue weighted by Gasteiger charge is 2.15. The van der Waals surface area contributed by atoms with E-state index in [9.17, 15) is 4.79 Å². The Balaban J connectivity index is 2.46. The lowest BCUT2D eigenvalue weighted by atomic mass is 9.99. The molecule has 0 atom stereocenters. The topological polar surface area (TPSA) is 30.2 Å². The summed E-state index contributed by atoms with van der Waals surface area (Å²) in [5, 5.41) is 0.689. The number of rotatable bonds is 1. The van der Waals surface area contributed by atoms with Crippen LogP contribution in [0.2, 0.25) is 0 Å². The summed E-state index contributed by atoms with van der Waals surface area (Å²) in [6.45, 7) is 5.83. The van der Waals surface area contributed by atoms with Gasteiger partial charge >= 0.3 is 0 Å². The minimum Gasteiger partial charge on any atom is -0.460 e. The molecule has 0 bridgehead atoms. The Morgan fingerprint density at radius 1 is 0.900 bits per heavy atom. The first-order chi connectivity index (χ1) is 9.59. The van der Waals surface area contributed by atoms with E-state index in [1.165, 1.54) is 0 Å². The molecule has 3 aromatic rings. The summed E-state index contributed by atoms with van der Waals surface area (Å²) < 4.78 is 5.86. The van der Waals surface area contributed by atoms with Gasteiger partial charge < -0.3 is 4.42 Å². The molecule has 2 aromatic carbocycles.